The van der Waals surface area contributed by atoms with Gasteiger partial charge < -0.3 is 0 Å². The van der Waals surface area contributed by atoms with Gasteiger partial charge in [0.25, 0.3) is 7.51 Å². The second kappa shape index (κ2) is 5.32. The van der Waals surface area contributed by atoms with Crippen molar-refractivity contribution in [3.63, 3.8) is 0 Å². The molecular formula is C12H27N4P2+. The van der Waals surface area contributed by atoms with E-state index in [9.17, 15) is 0 Å². The Morgan fingerprint density at radius 2 is 1.94 bits per heavy atom. The lowest BCUT2D eigenvalue weighted by molar-refractivity contribution is 0.327. The van der Waals surface area contributed by atoms with Gasteiger partial charge in [0.2, 0.25) is 7.71 Å². The average molecular weight is 289 g/mol. The Labute approximate surface area is 113 Å². The van der Waals surface area contributed by atoms with E-state index in [0.717, 1.165) is 13.1 Å². The highest BCUT2D eigenvalue weighted by Gasteiger charge is 2.47. The van der Waals surface area contributed by atoms with Crippen molar-refractivity contribution < 1.29 is 0 Å². The van der Waals surface area contributed by atoms with Gasteiger partial charge >= 0.3 is 0 Å². The first-order valence-corrected chi connectivity index (χ1v) is 10.3. The Bertz CT molecular complexity index is 397. The largest absolute Gasteiger partial charge is 0.255 e. The molecule has 0 radical (unpaired) electrons. The first-order valence-electron chi connectivity index (χ1n) is 7.02. The summed E-state index contributed by atoms with van der Waals surface area (Å²) in [5, 5.41) is 0. The zero-order valence-electron chi connectivity index (χ0n) is 12.4. The van der Waals surface area contributed by atoms with Gasteiger partial charge in [-0.05, 0) is 45.7 Å². The fraction of sp³-hybridized carbons (Fsp3) is 1.00. The predicted molar refractivity (Wildman–Crippen MR) is 82.7 cm³/mol. The summed E-state index contributed by atoms with van der Waals surface area (Å²) in [5.41, 5.74) is 0.0817. The Morgan fingerprint density at radius 1 is 1.28 bits per heavy atom. The van der Waals surface area contributed by atoms with Crippen LogP contribution < -0.4 is 0 Å². The van der Waals surface area contributed by atoms with Gasteiger partial charge in [0.1, 0.15) is 12.3 Å². The van der Waals surface area contributed by atoms with Crippen LogP contribution in [0.2, 0.25) is 0 Å². The van der Waals surface area contributed by atoms with E-state index >= 15 is 0 Å². The third-order valence-electron chi connectivity index (χ3n) is 3.69. The summed E-state index contributed by atoms with van der Waals surface area (Å²) in [7, 11) is 0.331. The highest BCUT2D eigenvalue weighted by Crippen LogP contribution is 2.67. The van der Waals surface area contributed by atoms with E-state index in [2.05, 4.69) is 44.1 Å². The van der Waals surface area contributed by atoms with Crippen LogP contribution in [0.25, 0.3) is 0 Å². The van der Waals surface area contributed by atoms with Gasteiger partial charge in [-0.2, -0.15) is 0 Å². The molecule has 0 amide bonds. The molecule has 2 heterocycles. The number of fused-ring (bicyclic) bond motifs is 1. The topological polar surface area (TPSA) is 31.2 Å². The Morgan fingerprint density at radius 3 is 2.56 bits per heavy atom. The summed E-state index contributed by atoms with van der Waals surface area (Å²) in [6.07, 6.45) is 3.66. The van der Waals surface area contributed by atoms with Crippen LogP contribution in [-0.4, -0.2) is 53.9 Å². The summed E-state index contributed by atoms with van der Waals surface area (Å²) in [4.78, 5) is 0. The van der Waals surface area contributed by atoms with E-state index in [1.165, 1.54) is 25.3 Å². The molecule has 0 saturated carbocycles. The Kier molecular flexibility index (Phi) is 4.33. The third-order valence-corrected chi connectivity index (χ3v) is 10.1. The van der Waals surface area contributed by atoms with Gasteiger partial charge in [-0.3, -0.25) is 0 Å². The quantitative estimate of drug-likeness (QED) is 0.733. The number of hydrogen-bond donors (Lipinski definition) is 0. The zero-order chi connectivity index (χ0) is 13.4. The minimum absolute atomic E-state index is 0.0817. The molecule has 2 aliphatic rings. The van der Waals surface area contributed by atoms with Crippen molar-refractivity contribution in [1.82, 2.24) is 9.34 Å². The second-order valence-corrected chi connectivity index (χ2v) is 11.3. The lowest BCUT2D eigenvalue weighted by Crippen LogP contribution is -2.36. The molecule has 0 aromatic rings. The normalized spacial score (nSPS) is 31.8. The number of hydrogen-bond acceptors (Lipinski definition) is 4. The molecule has 18 heavy (non-hydrogen) atoms. The predicted octanol–water partition coefficient (Wildman–Crippen LogP) is 4.07. The third kappa shape index (κ3) is 2.58. The van der Waals surface area contributed by atoms with Gasteiger partial charge in [0.15, 0.2) is 0 Å². The summed E-state index contributed by atoms with van der Waals surface area (Å²) in [6, 6.07) is 0. The lowest BCUT2D eigenvalue weighted by Gasteiger charge is -2.37. The summed E-state index contributed by atoms with van der Waals surface area (Å²) in [5.74, 6) is 0. The molecule has 0 aliphatic carbocycles. The molecule has 104 valence electrons. The lowest BCUT2D eigenvalue weighted by atomic mass is 10.1. The summed E-state index contributed by atoms with van der Waals surface area (Å²) < 4.78 is 15.6. The molecule has 1 saturated heterocycles. The molecule has 0 aromatic carbocycles. The molecule has 0 spiro atoms. The van der Waals surface area contributed by atoms with Crippen LogP contribution in [-0.2, 0) is 0 Å². The van der Waals surface area contributed by atoms with E-state index in [1.807, 2.05) is 0 Å². The van der Waals surface area contributed by atoms with Gasteiger partial charge in [0, 0.05) is 19.6 Å². The van der Waals surface area contributed by atoms with Crippen LogP contribution in [0.15, 0.2) is 9.26 Å². The van der Waals surface area contributed by atoms with Crippen molar-refractivity contribution in [1.29, 1.82) is 0 Å². The first kappa shape index (κ1) is 14.7. The van der Waals surface area contributed by atoms with Crippen LogP contribution >= 0.6 is 15.2 Å². The van der Waals surface area contributed by atoms with Gasteiger partial charge in [0.05, 0.1) is 5.54 Å². The average Bonchev–Trinajstić information content (AvgIpc) is 2.58. The SMILES string of the molecule is CC[P+](CC)=NP12=NC(C)(C)CN1CCCN2C. The fourth-order valence-electron chi connectivity index (χ4n) is 2.79. The maximum Gasteiger partial charge on any atom is 0.255 e. The van der Waals surface area contributed by atoms with E-state index in [0.29, 0.717) is 0 Å². The van der Waals surface area contributed by atoms with Crippen molar-refractivity contribution in [2.75, 3.05) is 39.0 Å². The monoisotopic (exact) mass is 289 g/mol. The molecule has 2 rings (SSSR count). The summed E-state index contributed by atoms with van der Waals surface area (Å²) >= 11 is 0. The zero-order valence-corrected chi connectivity index (χ0v) is 14.2. The van der Waals surface area contributed by atoms with Gasteiger partial charge in [-0.25, -0.2) is 14.1 Å². The van der Waals surface area contributed by atoms with Crippen LogP contribution in [0, 0.1) is 0 Å². The molecule has 1 atom stereocenters. The molecule has 2 aliphatic heterocycles. The van der Waals surface area contributed by atoms with E-state index in [1.54, 1.807) is 0 Å². The molecule has 0 aromatic heterocycles. The molecule has 0 bridgehead atoms. The van der Waals surface area contributed by atoms with E-state index in [-0.39, 0.29) is 13.3 Å². The maximum atomic E-state index is 5.30. The highest BCUT2D eigenvalue weighted by atomic mass is 31.2. The molecule has 6 heteroatoms. The molecule has 0 N–H and O–H groups in total. The summed E-state index contributed by atoms with van der Waals surface area (Å²) in [6.45, 7) is 12.5. The smallest absolute Gasteiger partial charge is 0.244 e. The Balaban J connectivity index is 2.48. The molecule has 1 fully saturated rings. The fourth-order valence-corrected chi connectivity index (χ4v) is 9.62. The van der Waals surface area contributed by atoms with E-state index in [4.69, 9.17) is 9.26 Å². The Hall–Kier alpha value is 0.250. The van der Waals surface area contributed by atoms with Crippen molar-refractivity contribution in [3.05, 3.63) is 0 Å². The van der Waals surface area contributed by atoms with Crippen molar-refractivity contribution in [3.8, 4) is 0 Å². The van der Waals surface area contributed by atoms with Gasteiger partial charge in [-0.1, -0.05) is 0 Å². The molecule has 1 unspecified atom stereocenters. The molecule has 4 nitrogen and oxygen atoms in total. The van der Waals surface area contributed by atoms with Gasteiger partial charge in [-0.15, -0.1) is 0 Å². The van der Waals surface area contributed by atoms with Crippen molar-refractivity contribution in [2.24, 2.45) is 9.26 Å². The minimum Gasteiger partial charge on any atom is -0.244 e. The standard InChI is InChI=1S/C12H27N4P2/c1-6-17(7-2)14-18-13-12(3,4)11-16(18)10-8-9-15(18)5/h6-11H2,1-5H3/q+1. The minimum atomic E-state index is -1.71. The van der Waals surface area contributed by atoms with Crippen LogP contribution in [0.5, 0.6) is 0 Å². The second-order valence-electron chi connectivity index (χ2n) is 5.80. The van der Waals surface area contributed by atoms with Crippen LogP contribution in [0.4, 0.5) is 0 Å². The van der Waals surface area contributed by atoms with Crippen molar-refractivity contribution in [2.45, 2.75) is 39.7 Å². The number of nitrogens with zero attached hydrogens (tertiary/aromatic N) is 4. The maximum absolute atomic E-state index is 5.30. The van der Waals surface area contributed by atoms with Crippen molar-refractivity contribution >= 4 is 15.2 Å². The molecular weight excluding hydrogens is 262 g/mol. The highest BCUT2D eigenvalue weighted by molar-refractivity contribution is 7.67. The van der Waals surface area contributed by atoms with Crippen LogP contribution in [0.3, 0.4) is 0 Å². The first-order chi connectivity index (χ1) is 8.43. The van der Waals surface area contributed by atoms with Crippen LogP contribution in [0.1, 0.15) is 34.1 Å². The number of rotatable bonds is 3. The van der Waals surface area contributed by atoms with E-state index < -0.39 is 7.51 Å².